The SMILES string of the molecule is Cc1nc(CN(C)c2cccc3cccnc23)cc(N2CCN(C)CC2)n1. The quantitative estimate of drug-likeness (QED) is 0.711. The molecule has 1 fully saturated rings. The van der Waals surface area contributed by atoms with Gasteiger partial charge in [0.25, 0.3) is 0 Å². The molecular weight excluding hydrogens is 336 g/mol. The lowest BCUT2D eigenvalue weighted by molar-refractivity contribution is 0.312. The molecule has 6 nitrogen and oxygen atoms in total. The summed E-state index contributed by atoms with van der Waals surface area (Å²) in [5.41, 5.74) is 3.17. The standard InChI is InChI=1S/C21H26N6/c1-16-23-18(14-20(24-16)27-12-10-25(2)11-13-27)15-26(3)19-8-4-6-17-7-5-9-22-21(17)19/h4-9,14H,10-13,15H2,1-3H3. The molecule has 0 saturated carbocycles. The average molecular weight is 362 g/mol. The van der Waals surface area contributed by atoms with Gasteiger partial charge in [-0.05, 0) is 26.1 Å². The Morgan fingerprint density at radius 2 is 1.81 bits per heavy atom. The maximum Gasteiger partial charge on any atom is 0.132 e. The Hall–Kier alpha value is -2.73. The highest BCUT2D eigenvalue weighted by molar-refractivity contribution is 5.90. The minimum Gasteiger partial charge on any atom is -0.367 e. The summed E-state index contributed by atoms with van der Waals surface area (Å²) in [7, 11) is 4.26. The fraction of sp³-hybridized carbons (Fsp3) is 0.381. The van der Waals surface area contributed by atoms with E-state index in [1.54, 1.807) is 0 Å². The maximum absolute atomic E-state index is 4.68. The van der Waals surface area contributed by atoms with E-state index in [-0.39, 0.29) is 0 Å². The molecule has 27 heavy (non-hydrogen) atoms. The molecule has 1 aliphatic rings. The number of para-hydroxylation sites is 1. The predicted molar refractivity (Wildman–Crippen MR) is 110 cm³/mol. The van der Waals surface area contributed by atoms with E-state index in [9.17, 15) is 0 Å². The molecule has 0 aliphatic carbocycles. The first-order valence-corrected chi connectivity index (χ1v) is 9.43. The second-order valence-electron chi connectivity index (χ2n) is 7.26. The van der Waals surface area contributed by atoms with E-state index in [0.29, 0.717) is 0 Å². The minimum absolute atomic E-state index is 0.722. The third-order valence-electron chi connectivity index (χ3n) is 5.13. The van der Waals surface area contributed by atoms with Crippen molar-refractivity contribution in [3.8, 4) is 0 Å². The van der Waals surface area contributed by atoms with Crippen molar-refractivity contribution >= 4 is 22.4 Å². The third-order valence-corrected chi connectivity index (χ3v) is 5.13. The van der Waals surface area contributed by atoms with E-state index in [4.69, 9.17) is 0 Å². The summed E-state index contributed by atoms with van der Waals surface area (Å²) >= 11 is 0. The third kappa shape index (κ3) is 3.85. The first kappa shape index (κ1) is 17.7. The zero-order chi connectivity index (χ0) is 18.8. The molecule has 0 bridgehead atoms. The normalized spacial score (nSPS) is 15.3. The number of rotatable bonds is 4. The Morgan fingerprint density at radius 1 is 1.04 bits per heavy atom. The Labute approximate surface area is 160 Å². The highest BCUT2D eigenvalue weighted by atomic mass is 15.3. The second kappa shape index (κ2) is 7.48. The molecule has 0 N–H and O–H groups in total. The number of pyridine rings is 1. The smallest absolute Gasteiger partial charge is 0.132 e. The summed E-state index contributed by atoms with van der Waals surface area (Å²) in [5, 5.41) is 1.15. The van der Waals surface area contributed by atoms with Gasteiger partial charge in [-0.3, -0.25) is 4.98 Å². The molecule has 140 valence electrons. The maximum atomic E-state index is 4.68. The van der Waals surface area contributed by atoms with Crippen LogP contribution in [-0.2, 0) is 6.54 Å². The molecule has 0 unspecified atom stereocenters. The molecule has 4 rings (SSSR count). The molecule has 2 aromatic heterocycles. The Bertz CT molecular complexity index is 928. The van der Waals surface area contributed by atoms with Crippen molar-refractivity contribution < 1.29 is 0 Å². The van der Waals surface area contributed by atoms with Crippen molar-refractivity contribution in [3.05, 3.63) is 54.1 Å². The highest BCUT2D eigenvalue weighted by Gasteiger charge is 2.17. The Morgan fingerprint density at radius 3 is 2.63 bits per heavy atom. The van der Waals surface area contributed by atoms with E-state index in [1.165, 1.54) is 0 Å². The van der Waals surface area contributed by atoms with Gasteiger partial charge in [0.05, 0.1) is 23.4 Å². The topological polar surface area (TPSA) is 48.4 Å². The van der Waals surface area contributed by atoms with Gasteiger partial charge >= 0.3 is 0 Å². The molecule has 1 saturated heterocycles. The minimum atomic E-state index is 0.722. The van der Waals surface area contributed by atoms with Crippen LogP contribution >= 0.6 is 0 Å². The summed E-state index contributed by atoms with van der Waals surface area (Å²) in [6, 6.07) is 12.5. The van der Waals surface area contributed by atoms with Crippen LogP contribution in [0.25, 0.3) is 10.9 Å². The van der Waals surface area contributed by atoms with Gasteiger partial charge in [0.1, 0.15) is 11.6 Å². The first-order valence-electron chi connectivity index (χ1n) is 9.43. The van der Waals surface area contributed by atoms with Crippen LogP contribution in [0.4, 0.5) is 11.5 Å². The van der Waals surface area contributed by atoms with Gasteiger partial charge in [0.15, 0.2) is 0 Å². The fourth-order valence-electron chi connectivity index (χ4n) is 3.62. The number of benzene rings is 1. The van der Waals surface area contributed by atoms with E-state index >= 15 is 0 Å². The highest BCUT2D eigenvalue weighted by Crippen LogP contribution is 2.25. The number of nitrogens with zero attached hydrogens (tertiary/aromatic N) is 6. The van der Waals surface area contributed by atoms with Gasteiger partial charge in [-0.2, -0.15) is 0 Å². The van der Waals surface area contributed by atoms with Crippen molar-refractivity contribution in [3.63, 3.8) is 0 Å². The van der Waals surface area contributed by atoms with Crippen molar-refractivity contribution in [2.24, 2.45) is 0 Å². The largest absolute Gasteiger partial charge is 0.367 e. The number of fused-ring (bicyclic) bond motifs is 1. The monoisotopic (exact) mass is 362 g/mol. The van der Waals surface area contributed by atoms with Gasteiger partial charge in [0.2, 0.25) is 0 Å². The molecule has 0 radical (unpaired) electrons. The van der Waals surface area contributed by atoms with Gasteiger partial charge in [0, 0.05) is 50.9 Å². The zero-order valence-corrected chi connectivity index (χ0v) is 16.3. The molecule has 0 atom stereocenters. The molecule has 3 aromatic rings. The van der Waals surface area contributed by atoms with E-state index in [2.05, 4.69) is 74.1 Å². The lowest BCUT2D eigenvalue weighted by atomic mass is 10.1. The molecular formula is C21H26N6. The Kier molecular flexibility index (Phi) is 4.90. The van der Waals surface area contributed by atoms with Crippen molar-refractivity contribution in [2.75, 3.05) is 50.1 Å². The van der Waals surface area contributed by atoms with Gasteiger partial charge < -0.3 is 14.7 Å². The van der Waals surface area contributed by atoms with E-state index in [1.807, 2.05) is 19.2 Å². The molecule has 0 amide bonds. The Balaban J connectivity index is 1.58. The van der Waals surface area contributed by atoms with Crippen LogP contribution in [0, 0.1) is 6.92 Å². The summed E-state index contributed by atoms with van der Waals surface area (Å²) in [4.78, 5) is 20.9. The average Bonchev–Trinajstić information content (AvgIpc) is 2.67. The van der Waals surface area contributed by atoms with Crippen LogP contribution in [0.5, 0.6) is 0 Å². The van der Waals surface area contributed by atoms with Crippen LogP contribution in [0.1, 0.15) is 11.5 Å². The molecule has 1 aliphatic heterocycles. The zero-order valence-electron chi connectivity index (χ0n) is 16.3. The van der Waals surface area contributed by atoms with Crippen LogP contribution in [0.2, 0.25) is 0 Å². The van der Waals surface area contributed by atoms with Crippen LogP contribution in [0.15, 0.2) is 42.6 Å². The summed E-state index contributed by atoms with van der Waals surface area (Å²) in [6.45, 7) is 6.85. The lowest BCUT2D eigenvalue weighted by Crippen LogP contribution is -2.45. The fourth-order valence-corrected chi connectivity index (χ4v) is 3.62. The number of anilines is 2. The number of likely N-dealkylation sites (N-methyl/N-ethyl adjacent to an activating group) is 1. The van der Waals surface area contributed by atoms with Crippen molar-refractivity contribution in [1.29, 1.82) is 0 Å². The number of piperazine rings is 1. The lowest BCUT2D eigenvalue weighted by Gasteiger charge is -2.33. The molecule has 3 heterocycles. The predicted octanol–water partition coefficient (Wildman–Crippen LogP) is 2.72. The van der Waals surface area contributed by atoms with Crippen molar-refractivity contribution in [1.82, 2.24) is 19.9 Å². The number of aryl methyl sites for hydroxylation is 1. The van der Waals surface area contributed by atoms with Gasteiger partial charge in [-0.15, -0.1) is 0 Å². The summed E-state index contributed by atoms with van der Waals surface area (Å²) in [6.07, 6.45) is 1.85. The van der Waals surface area contributed by atoms with Gasteiger partial charge in [-0.25, -0.2) is 9.97 Å². The van der Waals surface area contributed by atoms with E-state index < -0.39 is 0 Å². The summed E-state index contributed by atoms with van der Waals surface area (Å²) in [5.74, 6) is 1.86. The molecule has 0 spiro atoms. The number of hydrogen-bond donors (Lipinski definition) is 0. The first-order chi connectivity index (χ1) is 13.1. The van der Waals surface area contributed by atoms with Crippen LogP contribution in [0.3, 0.4) is 0 Å². The number of hydrogen-bond acceptors (Lipinski definition) is 6. The molecule has 6 heteroatoms. The van der Waals surface area contributed by atoms with E-state index in [0.717, 1.165) is 66.7 Å². The molecule has 1 aromatic carbocycles. The van der Waals surface area contributed by atoms with Gasteiger partial charge in [-0.1, -0.05) is 18.2 Å². The van der Waals surface area contributed by atoms with Crippen molar-refractivity contribution in [2.45, 2.75) is 13.5 Å². The summed E-state index contributed by atoms with van der Waals surface area (Å²) < 4.78 is 0. The van der Waals surface area contributed by atoms with Crippen LogP contribution < -0.4 is 9.80 Å². The van der Waals surface area contributed by atoms with Crippen LogP contribution in [-0.4, -0.2) is 60.1 Å². The second-order valence-corrected chi connectivity index (χ2v) is 7.26. The number of aromatic nitrogens is 3.